The van der Waals surface area contributed by atoms with Crippen LogP contribution in [0.3, 0.4) is 0 Å². The number of benzene rings is 1. The Bertz CT molecular complexity index is 717. The molecule has 0 unspecified atom stereocenters. The molecule has 4 nitrogen and oxygen atoms in total. The fraction of sp³-hybridized carbons (Fsp3) is 0.267. The van der Waals surface area contributed by atoms with Gasteiger partial charge in [0.2, 0.25) is 5.88 Å². The molecule has 0 fully saturated rings. The van der Waals surface area contributed by atoms with E-state index in [2.05, 4.69) is 45.9 Å². The van der Waals surface area contributed by atoms with E-state index in [1.54, 1.807) is 18.4 Å². The Hall–Kier alpha value is -2.01. The van der Waals surface area contributed by atoms with Crippen LogP contribution in [-0.2, 0) is 13.0 Å². The van der Waals surface area contributed by atoms with Gasteiger partial charge in [0.05, 0.1) is 13.7 Å². The first kappa shape index (κ1) is 13.0. The first-order valence-corrected chi connectivity index (χ1v) is 7.51. The quantitative estimate of drug-likeness (QED) is 0.779. The maximum absolute atomic E-state index is 5.36. The van der Waals surface area contributed by atoms with Crippen molar-refractivity contribution < 1.29 is 4.74 Å². The van der Waals surface area contributed by atoms with E-state index < -0.39 is 0 Å². The van der Waals surface area contributed by atoms with Crippen molar-refractivity contribution in [3.63, 3.8) is 0 Å². The van der Waals surface area contributed by atoms with E-state index in [9.17, 15) is 0 Å². The van der Waals surface area contributed by atoms with Crippen LogP contribution in [-0.4, -0.2) is 16.5 Å². The summed E-state index contributed by atoms with van der Waals surface area (Å²) in [5, 5.41) is 5.47. The fourth-order valence-electron chi connectivity index (χ4n) is 2.22. The van der Waals surface area contributed by atoms with Crippen LogP contribution in [0, 0.1) is 0 Å². The van der Waals surface area contributed by atoms with E-state index >= 15 is 0 Å². The summed E-state index contributed by atoms with van der Waals surface area (Å²) in [5.41, 5.74) is 3.50. The van der Waals surface area contributed by atoms with E-state index in [1.807, 2.05) is 11.6 Å². The Balaban J connectivity index is 1.83. The molecule has 0 radical (unpaired) electrons. The molecule has 20 heavy (non-hydrogen) atoms. The standard InChI is InChI=1S/C15H17N3OS/c1-3-11-5-4-6-12(9-11)16-10-13-14(19-2)17-15-18(13)7-8-20-15/h4-9,16H,3,10H2,1-2H3. The predicted molar refractivity (Wildman–Crippen MR) is 82.8 cm³/mol. The van der Waals surface area contributed by atoms with Gasteiger partial charge in [-0.05, 0) is 24.1 Å². The lowest BCUT2D eigenvalue weighted by atomic mass is 10.1. The Morgan fingerprint density at radius 1 is 1.40 bits per heavy atom. The third kappa shape index (κ3) is 2.36. The van der Waals surface area contributed by atoms with Crippen molar-refractivity contribution in [1.82, 2.24) is 9.38 Å². The number of anilines is 1. The van der Waals surface area contributed by atoms with Gasteiger partial charge in [-0.1, -0.05) is 19.1 Å². The molecule has 0 saturated heterocycles. The summed E-state index contributed by atoms with van der Waals surface area (Å²) >= 11 is 1.61. The first-order valence-electron chi connectivity index (χ1n) is 6.63. The number of thiazole rings is 1. The average molecular weight is 287 g/mol. The van der Waals surface area contributed by atoms with Gasteiger partial charge in [-0.2, -0.15) is 4.98 Å². The van der Waals surface area contributed by atoms with Crippen molar-refractivity contribution in [2.75, 3.05) is 12.4 Å². The second-order valence-corrected chi connectivity index (χ2v) is 5.40. The summed E-state index contributed by atoms with van der Waals surface area (Å²) in [7, 11) is 1.66. The van der Waals surface area contributed by atoms with Gasteiger partial charge in [-0.25, -0.2) is 0 Å². The molecule has 0 aliphatic rings. The topological polar surface area (TPSA) is 38.6 Å². The van der Waals surface area contributed by atoms with Gasteiger partial charge in [0.1, 0.15) is 5.69 Å². The van der Waals surface area contributed by atoms with E-state index in [-0.39, 0.29) is 0 Å². The maximum Gasteiger partial charge on any atom is 0.238 e. The van der Waals surface area contributed by atoms with Gasteiger partial charge in [0.15, 0.2) is 4.96 Å². The smallest absolute Gasteiger partial charge is 0.238 e. The van der Waals surface area contributed by atoms with Crippen LogP contribution in [0.15, 0.2) is 35.8 Å². The highest BCUT2D eigenvalue weighted by Crippen LogP contribution is 2.24. The lowest BCUT2D eigenvalue weighted by molar-refractivity contribution is 0.395. The molecule has 0 aliphatic heterocycles. The van der Waals surface area contributed by atoms with Gasteiger partial charge >= 0.3 is 0 Å². The third-order valence-corrected chi connectivity index (χ3v) is 4.07. The first-order chi connectivity index (χ1) is 9.81. The highest BCUT2D eigenvalue weighted by Gasteiger charge is 2.13. The lowest BCUT2D eigenvalue weighted by Gasteiger charge is -2.08. The summed E-state index contributed by atoms with van der Waals surface area (Å²) in [6.45, 7) is 2.85. The molecule has 1 aromatic carbocycles. The van der Waals surface area contributed by atoms with Crippen LogP contribution in [0.5, 0.6) is 5.88 Å². The number of hydrogen-bond acceptors (Lipinski definition) is 4. The Kier molecular flexibility index (Phi) is 3.60. The van der Waals surface area contributed by atoms with Crippen LogP contribution in [0.4, 0.5) is 5.69 Å². The molecule has 3 rings (SSSR count). The Morgan fingerprint density at radius 3 is 3.10 bits per heavy atom. The molecular weight excluding hydrogens is 270 g/mol. The molecule has 2 aromatic heterocycles. The van der Waals surface area contributed by atoms with Crippen LogP contribution in [0.25, 0.3) is 4.96 Å². The van der Waals surface area contributed by atoms with Crippen LogP contribution < -0.4 is 10.1 Å². The van der Waals surface area contributed by atoms with Gasteiger partial charge < -0.3 is 10.1 Å². The molecule has 0 aliphatic carbocycles. The molecule has 104 valence electrons. The number of aryl methyl sites for hydroxylation is 1. The minimum Gasteiger partial charge on any atom is -0.480 e. The van der Waals surface area contributed by atoms with E-state index in [4.69, 9.17) is 4.74 Å². The van der Waals surface area contributed by atoms with Crippen molar-refractivity contribution >= 4 is 22.0 Å². The summed E-state index contributed by atoms with van der Waals surface area (Å²) in [6.07, 6.45) is 3.06. The van der Waals surface area contributed by atoms with Crippen molar-refractivity contribution in [1.29, 1.82) is 0 Å². The number of hydrogen-bond donors (Lipinski definition) is 1. The SMILES string of the molecule is CCc1cccc(NCc2c(OC)nc3sccn23)c1. The van der Waals surface area contributed by atoms with E-state index in [0.717, 1.165) is 22.8 Å². The van der Waals surface area contributed by atoms with E-state index in [1.165, 1.54) is 5.56 Å². The fourth-order valence-corrected chi connectivity index (χ4v) is 2.95. The van der Waals surface area contributed by atoms with Crippen molar-refractivity contribution in [2.24, 2.45) is 0 Å². The number of rotatable bonds is 5. The highest BCUT2D eigenvalue weighted by atomic mass is 32.1. The molecule has 0 bridgehead atoms. The number of ether oxygens (including phenoxy) is 1. The summed E-state index contributed by atoms with van der Waals surface area (Å²) in [5.74, 6) is 0.691. The molecule has 2 heterocycles. The Morgan fingerprint density at radius 2 is 2.30 bits per heavy atom. The molecule has 0 amide bonds. The molecule has 0 saturated carbocycles. The number of imidazole rings is 1. The van der Waals surface area contributed by atoms with Crippen LogP contribution in [0.1, 0.15) is 18.2 Å². The van der Waals surface area contributed by atoms with Gasteiger partial charge in [0.25, 0.3) is 0 Å². The largest absolute Gasteiger partial charge is 0.480 e. The number of fused-ring (bicyclic) bond motifs is 1. The van der Waals surface area contributed by atoms with Crippen molar-refractivity contribution in [3.05, 3.63) is 47.1 Å². The number of nitrogens with zero attached hydrogens (tertiary/aromatic N) is 2. The molecular formula is C15H17N3OS. The van der Waals surface area contributed by atoms with Crippen molar-refractivity contribution in [3.8, 4) is 5.88 Å². The molecule has 3 aromatic rings. The Labute approximate surface area is 122 Å². The van der Waals surface area contributed by atoms with Crippen molar-refractivity contribution in [2.45, 2.75) is 19.9 Å². The molecule has 1 N–H and O–H groups in total. The van der Waals surface area contributed by atoms with Crippen LogP contribution in [0.2, 0.25) is 0 Å². The maximum atomic E-state index is 5.36. The van der Waals surface area contributed by atoms with Gasteiger partial charge in [-0.3, -0.25) is 4.40 Å². The lowest BCUT2D eigenvalue weighted by Crippen LogP contribution is -2.04. The zero-order valence-corrected chi connectivity index (χ0v) is 12.4. The molecule has 0 atom stereocenters. The normalized spacial score (nSPS) is 10.9. The van der Waals surface area contributed by atoms with Gasteiger partial charge in [0, 0.05) is 17.3 Å². The number of nitrogens with one attached hydrogen (secondary N) is 1. The number of methoxy groups -OCH3 is 1. The average Bonchev–Trinajstić information content (AvgIpc) is 3.06. The zero-order valence-electron chi connectivity index (χ0n) is 11.6. The third-order valence-electron chi connectivity index (χ3n) is 3.31. The van der Waals surface area contributed by atoms with Crippen LogP contribution >= 0.6 is 11.3 Å². The summed E-state index contributed by atoms with van der Waals surface area (Å²) in [4.78, 5) is 5.42. The second-order valence-electron chi connectivity index (χ2n) is 4.53. The zero-order chi connectivity index (χ0) is 13.9. The number of aromatic nitrogens is 2. The van der Waals surface area contributed by atoms with Gasteiger partial charge in [-0.15, -0.1) is 11.3 Å². The predicted octanol–water partition coefficient (Wildman–Crippen LogP) is 3.58. The minimum atomic E-state index is 0.689. The molecule has 5 heteroatoms. The summed E-state index contributed by atoms with van der Waals surface area (Å²) < 4.78 is 7.43. The van der Waals surface area contributed by atoms with E-state index in [0.29, 0.717) is 12.4 Å². The highest BCUT2D eigenvalue weighted by molar-refractivity contribution is 7.15. The molecule has 0 spiro atoms. The monoisotopic (exact) mass is 287 g/mol. The minimum absolute atomic E-state index is 0.689. The second kappa shape index (κ2) is 5.54. The summed E-state index contributed by atoms with van der Waals surface area (Å²) in [6, 6.07) is 8.48.